The molecular weight excluding hydrogens is 405 g/mol. The number of amides is 1. The van der Waals surface area contributed by atoms with Gasteiger partial charge in [-0.15, -0.1) is 0 Å². The lowest BCUT2D eigenvalue weighted by molar-refractivity contribution is -0.137. The number of carbonyl (C=O) groups excluding carboxylic acids is 1. The third-order valence-electron chi connectivity index (χ3n) is 4.95. The van der Waals surface area contributed by atoms with E-state index in [1.807, 2.05) is 6.92 Å². The molecule has 1 unspecified atom stereocenters. The van der Waals surface area contributed by atoms with E-state index in [0.717, 1.165) is 37.5 Å². The summed E-state index contributed by atoms with van der Waals surface area (Å²) in [5.41, 5.74) is -0.789. The van der Waals surface area contributed by atoms with Crippen LogP contribution in [0.2, 0.25) is 0 Å². The van der Waals surface area contributed by atoms with Crippen LogP contribution in [0.4, 0.5) is 13.2 Å². The Morgan fingerprint density at radius 2 is 1.90 bits per heavy atom. The summed E-state index contributed by atoms with van der Waals surface area (Å²) in [6.07, 6.45) is -1.79. The van der Waals surface area contributed by atoms with Crippen LogP contribution in [0, 0.1) is 0 Å². The molecule has 2 aromatic rings. The number of carbonyl (C=O) groups is 1. The largest absolute Gasteiger partial charge is 0.416 e. The minimum absolute atomic E-state index is 0.0792. The summed E-state index contributed by atoms with van der Waals surface area (Å²) >= 11 is 0. The first-order valence-electron chi connectivity index (χ1n) is 9.25. The number of benzene rings is 1. The number of sulfone groups is 1. The lowest BCUT2D eigenvalue weighted by atomic mass is 10.0. The van der Waals surface area contributed by atoms with Gasteiger partial charge in [-0.05, 0) is 56.5 Å². The lowest BCUT2D eigenvalue weighted by Gasteiger charge is -2.33. The first-order chi connectivity index (χ1) is 13.6. The fourth-order valence-corrected chi connectivity index (χ4v) is 4.68. The van der Waals surface area contributed by atoms with Crippen LogP contribution in [-0.2, 0) is 21.8 Å². The highest BCUT2D eigenvalue weighted by Gasteiger charge is 2.32. The number of halogens is 3. The zero-order valence-corrected chi connectivity index (χ0v) is 16.6. The Hall–Kier alpha value is -2.42. The Morgan fingerprint density at radius 3 is 2.59 bits per heavy atom. The molecule has 0 saturated carbocycles. The molecule has 5 nitrogen and oxygen atoms in total. The molecule has 9 heteroatoms. The van der Waals surface area contributed by atoms with Gasteiger partial charge in [0.2, 0.25) is 0 Å². The molecule has 0 spiro atoms. The van der Waals surface area contributed by atoms with Gasteiger partial charge >= 0.3 is 6.18 Å². The standard InChI is InChI=1S/C20H21F3N2O3S/c1-14-6-2-3-11-25(14)19(26)18-10-5-8-16(24-18)13-29(27,28)17-9-4-7-15(12-17)20(21,22)23/h4-5,7-10,12,14H,2-3,6,11,13H2,1H3. The molecule has 1 amide bonds. The van der Waals surface area contributed by atoms with Crippen LogP contribution in [0.1, 0.15) is 47.9 Å². The quantitative estimate of drug-likeness (QED) is 0.739. The van der Waals surface area contributed by atoms with Crippen molar-refractivity contribution in [2.45, 2.75) is 49.1 Å². The van der Waals surface area contributed by atoms with Crippen LogP contribution in [-0.4, -0.2) is 36.8 Å². The van der Waals surface area contributed by atoms with Gasteiger partial charge < -0.3 is 4.90 Å². The summed E-state index contributed by atoms with van der Waals surface area (Å²) in [5.74, 6) is -0.860. The molecule has 29 heavy (non-hydrogen) atoms. The number of hydrogen-bond donors (Lipinski definition) is 0. The molecule has 1 aromatic carbocycles. The molecule has 1 aliphatic heterocycles. The molecule has 2 heterocycles. The molecule has 0 N–H and O–H groups in total. The molecule has 1 atom stereocenters. The molecular formula is C20H21F3N2O3S. The fraction of sp³-hybridized carbons (Fsp3) is 0.400. The van der Waals surface area contributed by atoms with Crippen LogP contribution in [0.5, 0.6) is 0 Å². The van der Waals surface area contributed by atoms with E-state index >= 15 is 0 Å². The van der Waals surface area contributed by atoms with Gasteiger partial charge in [0.1, 0.15) is 5.69 Å². The molecule has 0 aliphatic carbocycles. The van der Waals surface area contributed by atoms with E-state index in [1.165, 1.54) is 18.2 Å². The summed E-state index contributed by atoms with van der Waals surface area (Å²) in [4.78, 5) is 18.2. The van der Waals surface area contributed by atoms with Gasteiger partial charge in [-0.1, -0.05) is 12.1 Å². The van der Waals surface area contributed by atoms with Crippen LogP contribution >= 0.6 is 0 Å². The smallest absolute Gasteiger partial charge is 0.335 e. The number of piperidine rings is 1. The van der Waals surface area contributed by atoms with Crippen molar-refractivity contribution in [2.24, 2.45) is 0 Å². The minimum atomic E-state index is -4.64. The molecule has 1 aliphatic rings. The van der Waals surface area contributed by atoms with Gasteiger partial charge in [0.05, 0.1) is 21.9 Å². The van der Waals surface area contributed by atoms with E-state index in [9.17, 15) is 26.4 Å². The first kappa shape index (κ1) is 21.3. The van der Waals surface area contributed by atoms with Crippen LogP contribution in [0.15, 0.2) is 47.4 Å². The van der Waals surface area contributed by atoms with Crippen molar-refractivity contribution < 1.29 is 26.4 Å². The first-order valence-corrected chi connectivity index (χ1v) is 10.9. The number of likely N-dealkylation sites (tertiary alicyclic amines) is 1. The van der Waals surface area contributed by atoms with Crippen molar-refractivity contribution in [1.29, 1.82) is 0 Å². The maximum absolute atomic E-state index is 12.9. The van der Waals surface area contributed by atoms with Gasteiger partial charge in [0.25, 0.3) is 5.91 Å². The number of alkyl halides is 3. The third kappa shape index (κ3) is 4.95. The van der Waals surface area contributed by atoms with E-state index in [1.54, 1.807) is 4.90 Å². The SMILES string of the molecule is CC1CCCCN1C(=O)c1cccc(CS(=O)(=O)c2cccc(C(F)(F)F)c2)n1. The lowest BCUT2D eigenvalue weighted by Crippen LogP contribution is -2.42. The zero-order chi connectivity index (χ0) is 21.2. The van der Waals surface area contributed by atoms with Crippen molar-refractivity contribution >= 4 is 15.7 Å². The topological polar surface area (TPSA) is 67.3 Å². The van der Waals surface area contributed by atoms with Crippen molar-refractivity contribution in [1.82, 2.24) is 9.88 Å². The number of aromatic nitrogens is 1. The van der Waals surface area contributed by atoms with Crippen molar-refractivity contribution in [2.75, 3.05) is 6.54 Å². The number of rotatable bonds is 4. The molecule has 1 fully saturated rings. The highest BCUT2D eigenvalue weighted by atomic mass is 32.2. The maximum atomic E-state index is 12.9. The predicted octanol–water partition coefficient (Wildman–Crippen LogP) is 4.09. The van der Waals surface area contributed by atoms with E-state index in [0.29, 0.717) is 12.6 Å². The monoisotopic (exact) mass is 426 g/mol. The Kier molecular flexibility index (Phi) is 5.97. The van der Waals surface area contributed by atoms with Crippen molar-refractivity contribution in [3.05, 3.63) is 59.4 Å². The van der Waals surface area contributed by atoms with Crippen LogP contribution in [0.25, 0.3) is 0 Å². The Labute approximate surface area is 167 Å². The molecule has 1 saturated heterocycles. The molecule has 0 bridgehead atoms. The zero-order valence-electron chi connectivity index (χ0n) is 15.8. The van der Waals surface area contributed by atoms with Gasteiger partial charge in [0, 0.05) is 12.6 Å². The van der Waals surface area contributed by atoms with Gasteiger partial charge in [-0.2, -0.15) is 13.2 Å². The van der Waals surface area contributed by atoms with Crippen molar-refractivity contribution in [3.63, 3.8) is 0 Å². The maximum Gasteiger partial charge on any atom is 0.416 e. The van der Waals surface area contributed by atoms with Crippen LogP contribution in [0.3, 0.4) is 0 Å². The third-order valence-corrected chi connectivity index (χ3v) is 6.60. The highest BCUT2D eigenvalue weighted by molar-refractivity contribution is 7.90. The summed E-state index contributed by atoms with van der Waals surface area (Å²) in [7, 11) is -4.06. The second kappa shape index (κ2) is 8.14. The Balaban J connectivity index is 1.83. The number of pyridine rings is 1. The summed E-state index contributed by atoms with van der Waals surface area (Å²) in [5, 5.41) is 0. The number of hydrogen-bond acceptors (Lipinski definition) is 4. The Morgan fingerprint density at radius 1 is 1.17 bits per heavy atom. The van der Waals surface area contributed by atoms with Gasteiger partial charge in [-0.25, -0.2) is 13.4 Å². The normalized spacial score (nSPS) is 17.9. The van der Waals surface area contributed by atoms with E-state index < -0.39 is 32.2 Å². The predicted molar refractivity (Wildman–Crippen MR) is 101 cm³/mol. The van der Waals surface area contributed by atoms with Crippen LogP contribution < -0.4 is 0 Å². The van der Waals surface area contributed by atoms with Gasteiger partial charge in [0.15, 0.2) is 9.84 Å². The molecule has 0 radical (unpaired) electrons. The fourth-order valence-electron chi connectivity index (χ4n) is 3.37. The van der Waals surface area contributed by atoms with E-state index in [-0.39, 0.29) is 23.3 Å². The van der Waals surface area contributed by atoms with E-state index in [2.05, 4.69) is 4.98 Å². The average molecular weight is 426 g/mol. The second-order valence-electron chi connectivity index (χ2n) is 7.14. The summed E-state index contributed by atoms with van der Waals surface area (Å²) in [6, 6.07) is 8.18. The number of nitrogens with zero attached hydrogens (tertiary/aromatic N) is 2. The van der Waals surface area contributed by atoms with E-state index in [4.69, 9.17) is 0 Å². The minimum Gasteiger partial charge on any atom is -0.335 e. The average Bonchev–Trinajstić information content (AvgIpc) is 2.67. The highest BCUT2D eigenvalue weighted by Crippen LogP contribution is 2.31. The molecule has 1 aromatic heterocycles. The summed E-state index contributed by atoms with van der Waals surface area (Å²) in [6.45, 7) is 2.58. The second-order valence-corrected chi connectivity index (χ2v) is 9.13. The molecule has 156 valence electrons. The van der Waals surface area contributed by atoms with Crippen molar-refractivity contribution in [3.8, 4) is 0 Å². The Bertz CT molecular complexity index is 1010. The van der Waals surface area contributed by atoms with Gasteiger partial charge in [-0.3, -0.25) is 4.79 Å². The summed E-state index contributed by atoms with van der Waals surface area (Å²) < 4.78 is 63.9. The molecule has 3 rings (SSSR count).